The number of hydrogen-bond acceptors (Lipinski definition) is 6. The Bertz CT molecular complexity index is 1230. The molecule has 172 valence electrons. The molecule has 0 radical (unpaired) electrons. The Morgan fingerprint density at radius 2 is 1.61 bits per heavy atom. The number of fused-ring (bicyclic) bond motifs is 1. The molecule has 2 heterocycles. The topological polar surface area (TPSA) is 59.3 Å². The molecule has 0 spiro atoms. The number of anilines is 1. The van der Waals surface area contributed by atoms with Crippen molar-refractivity contribution in [1.82, 2.24) is 24.9 Å². The Morgan fingerprint density at radius 1 is 0.909 bits per heavy atom. The third-order valence-electron chi connectivity index (χ3n) is 5.78. The molecule has 33 heavy (non-hydrogen) atoms. The van der Waals surface area contributed by atoms with Gasteiger partial charge in [-0.3, -0.25) is 0 Å². The second-order valence-corrected chi connectivity index (χ2v) is 8.80. The van der Waals surface area contributed by atoms with Crippen LogP contribution in [0.25, 0.3) is 16.6 Å². The fourth-order valence-corrected chi connectivity index (χ4v) is 4.07. The fraction of sp³-hybridized carbons (Fsp3) is 0.346. The van der Waals surface area contributed by atoms with E-state index >= 15 is 0 Å². The van der Waals surface area contributed by atoms with Gasteiger partial charge in [-0.1, -0.05) is 42.5 Å². The Kier molecular flexibility index (Phi) is 6.60. The van der Waals surface area contributed by atoms with E-state index in [0.717, 1.165) is 58.1 Å². The molecular weight excluding hydrogens is 412 g/mol. The van der Waals surface area contributed by atoms with E-state index in [1.807, 2.05) is 60.9 Å². The van der Waals surface area contributed by atoms with E-state index in [-0.39, 0.29) is 6.10 Å². The van der Waals surface area contributed by atoms with Crippen molar-refractivity contribution in [1.29, 1.82) is 0 Å². The van der Waals surface area contributed by atoms with E-state index in [1.54, 1.807) is 0 Å². The van der Waals surface area contributed by atoms with Gasteiger partial charge in [0, 0.05) is 27.1 Å². The van der Waals surface area contributed by atoms with Crippen molar-refractivity contribution in [2.45, 2.75) is 26.4 Å². The zero-order valence-corrected chi connectivity index (χ0v) is 20.3. The average molecular weight is 445 g/mol. The predicted molar refractivity (Wildman–Crippen MR) is 133 cm³/mol. The van der Waals surface area contributed by atoms with Crippen LogP contribution in [-0.2, 0) is 0 Å². The normalized spacial score (nSPS) is 12.3. The van der Waals surface area contributed by atoms with Gasteiger partial charge >= 0.3 is 0 Å². The molecule has 2 aromatic carbocycles. The van der Waals surface area contributed by atoms with Gasteiger partial charge in [-0.2, -0.15) is 10.2 Å². The van der Waals surface area contributed by atoms with Crippen LogP contribution < -0.4 is 9.64 Å². The van der Waals surface area contributed by atoms with Gasteiger partial charge in [-0.15, -0.1) is 5.10 Å². The maximum absolute atomic E-state index is 6.67. The largest absolute Gasteiger partial charge is 0.483 e. The van der Waals surface area contributed by atoms with E-state index in [4.69, 9.17) is 9.84 Å². The SMILES string of the molecule is Cc1nnc(N(C)C)c2nn(-c3ccccc3OC(CCN(C)C)c3ccccc3)c(C)c12. The first kappa shape index (κ1) is 22.7. The van der Waals surface area contributed by atoms with Crippen LogP contribution in [0.5, 0.6) is 5.75 Å². The summed E-state index contributed by atoms with van der Waals surface area (Å²) in [5.41, 5.74) is 4.79. The Hall–Kier alpha value is -3.45. The smallest absolute Gasteiger partial charge is 0.179 e. The molecule has 2 aromatic heterocycles. The molecule has 0 N–H and O–H groups in total. The van der Waals surface area contributed by atoms with Gasteiger partial charge in [-0.05, 0) is 45.6 Å². The first-order valence-corrected chi connectivity index (χ1v) is 11.2. The van der Waals surface area contributed by atoms with Gasteiger partial charge in [0.05, 0.1) is 16.8 Å². The first-order valence-electron chi connectivity index (χ1n) is 11.2. The highest BCUT2D eigenvalue weighted by atomic mass is 16.5. The molecule has 0 saturated carbocycles. The van der Waals surface area contributed by atoms with Crippen LogP contribution in [0.2, 0.25) is 0 Å². The second kappa shape index (κ2) is 9.58. The molecule has 4 aromatic rings. The number of aryl methyl sites for hydroxylation is 2. The quantitative estimate of drug-likeness (QED) is 0.397. The van der Waals surface area contributed by atoms with Crippen LogP contribution in [0.1, 0.15) is 29.5 Å². The highest BCUT2D eigenvalue weighted by Gasteiger charge is 2.21. The van der Waals surface area contributed by atoms with E-state index in [9.17, 15) is 0 Å². The Morgan fingerprint density at radius 3 is 2.30 bits per heavy atom. The molecule has 0 amide bonds. The molecule has 0 aliphatic rings. The molecule has 4 rings (SSSR count). The number of rotatable bonds is 8. The van der Waals surface area contributed by atoms with E-state index in [2.05, 4.69) is 60.4 Å². The van der Waals surface area contributed by atoms with Gasteiger partial charge in [0.2, 0.25) is 0 Å². The second-order valence-electron chi connectivity index (χ2n) is 8.80. The summed E-state index contributed by atoms with van der Waals surface area (Å²) in [6.07, 6.45) is 0.811. The minimum Gasteiger partial charge on any atom is -0.483 e. The van der Waals surface area contributed by atoms with Crippen molar-refractivity contribution in [3.05, 3.63) is 71.5 Å². The molecule has 0 saturated heterocycles. The summed E-state index contributed by atoms with van der Waals surface area (Å²) in [6, 6.07) is 18.5. The third-order valence-corrected chi connectivity index (χ3v) is 5.78. The number of ether oxygens (including phenoxy) is 1. The van der Waals surface area contributed by atoms with E-state index in [0.29, 0.717) is 0 Å². The first-order chi connectivity index (χ1) is 15.9. The Balaban J connectivity index is 1.79. The van der Waals surface area contributed by atoms with Crippen molar-refractivity contribution < 1.29 is 4.74 Å². The molecule has 1 atom stereocenters. The van der Waals surface area contributed by atoms with Gasteiger partial charge in [0.25, 0.3) is 0 Å². The standard InChI is InChI=1S/C26H32N6O/c1-18-24-19(2)32(29-25(24)26(28-27-18)31(5)6)21-14-10-11-15-23(21)33-22(16-17-30(3)4)20-12-8-7-9-13-20/h7-15,22H,16-17H2,1-6H3. The van der Waals surface area contributed by atoms with Crippen molar-refractivity contribution in [3.63, 3.8) is 0 Å². The summed E-state index contributed by atoms with van der Waals surface area (Å²) >= 11 is 0. The Labute approximate surface area is 195 Å². The molecule has 0 aliphatic heterocycles. The van der Waals surface area contributed by atoms with Crippen LogP contribution in [0.3, 0.4) is 0 Å². The van der Waals surface area contributed by atoms with Gasteiger partial charge in [-0.25, -0.2) is 4.68 Å². The van der Waals surface area contributed by atoms with Crippen LogP contribution >= 0.6 is 0 Å². The average Bonchev–Trinajstić information content (AvgIpc) is 3.15. The van der Waals surface area contributed by atoms with Crippen LogP contribution in [0, 0.1) is 13.8 Å². The summed E-state index contributed by atoms with van der Waals surface area (Å²) in [5, 5.41) is 14.7. The lowest BCUT2D eigenvalue weighted by Gasteiger charge is -2.23. The number of nitrogens with zero attached hydrogens (tertiary/aromatic N) is 6. The summed E-state index contributed by atoms with van der Waals surface area (Å²) in [6.45, 7) is 4.97. The molecular formula is C26H32N6O. The van der Waals surface area contributed by atoms with Crippen LogP contribution in [0.15, 0.2) is 54.6 Å². The molecule has 0 fully saturated rings. The van der Waals surface area contributed by atoms with Crippen molar-refractivity contribution >= 4 is 16.7 Å². The number of para-hydroxylation sites is 2. The third kappa shape index (κ3) is 4.68. The summed E-state index contributed by atoms with van der Waals surface area (Å²) < 4.78 is 8.62. The van der Waals surface area contributed by atoms with Crippen LogP contribution in [-0.4, -0.2) is 59.6 Å². The summed E-state index contributed by atoms with van der Waals surface area (Å²) in [7, 11) is 8.08. The maximum atomic E-state index is 6.67. The zero-order chi connectivity index (χ0) is 23.5. The minimum atomic E-state index is -0.0672. The highest BCUT2D eigenvalue weighted by Crippen LogP contribution is 2.34. The summed E-state index contributed by atoms with van der Waals surface area (Å²) in [5.74, 6) is 1.55. The molecule has 7 heteroatoms. The zero-order valence-electron chi connectivity index (χ0n) is 20.3. The minimum absolute atomic E-state index is 0.0672. The monoisotopic (exact) mass is 444 g/mol. The van der Waals surface area contributed by atoms with Crippen molar-refractivity contribution in [3.8, 4) is 11.4 Å². The maximum Gasteiger partial charge on any atom is 0.179 e. The molecule has 1 unspecified atom stereocenters. The lowest BCUT2D eigenvalue weighted by Crippen LogP contribution is -2.19. The predicted octanol–water partition coefficient (Wildman–Crippen LogP) is 4.57. The highest BCUT2D eigenvalue weighted by molar-refractivity contribution is 5.92. The van der Waals surface area contributed by atoms with E-state index in [1.165, 1.54) is 0 Å². The van der Waals surface area contributed by atoms with Gasteiger partial charge in [0.15, 0.2) is 5.82 Å². The number of benzene rings is 2. The van der Waals surface area contributed by atoms with Gasteiger partial charge in [0.1, 0.15) is 23.1 Å². The fourth-order valence-electron chi connectivity index (χ4n) is 4.07. The lowest BCUT2D eigenvalue weighted by molar-refractivity contribution is 0.179. The summed E-state index contributed by atoms with van der Waals surface area (Å²) in [4.78, 5) is 4.13. The van der Waals surface area contributed by atoms with E-state index < -0.39 is 0 Å². The number of aromatic nitrogens is 4. The van der Waals surface area contributed by atoms with Crippen molar-refractivity contribution in [2.75, 3.05) is 39.6 Å². The molecule has 0 aliphatic carbocycles. The van der Waals surface area contributed by atoms with Crippen molar-refractivity contribution in [2.24, 2.45) is 0 Å². The van der Waals surface area contributed by atoms with Gasteiger partial charge < -0.3 is 14.5 Å². The molecule has 7 nitrogen and oxygen atoms in total. The van der Waals surface area contributed by atoms with Crippen LogP contribution in [0.4, 0.5) is 5.82 Å². The number of hydrogen-bond donors (Lipinski definition) is 0. The lowest BCUT2D eigenvalue weighted by atomic mass is 10.1. The molecule has 0 bridgehead atoms.